The van der Waals surface area contributed by atoms with Gasteiger partial charge in [0.15, 0.2) is 0 Å². The van der Waals surface area contributed by atoms with E-state index in [-0.39, 0.29) is 5.82 Å². The van der Waals surface area contributed by atoms with Crippen molar-refractivity contribution in [1.29, 1.82) is 0 Å². The molecule has 1 unspecified atom stereocenters. The number of rotatable bonds is 4. The van der Waals surface area contributed by atoms with Crippen LogP contribution in [0.3, 0.4) is 0 Å². The van der Waals surface area contributed by atoms with Crippen LogP contribution in [-0.4, -0.2) is 13.1 Å². The van der Waals surface area contributed by atoms with Crippen LogP contribution in [0.1, 0.15) is 25.3 Å². The molecule has 0 fully saturated rings. The van der Waals surface area contributed by atoms with Crippen molar-refractivity contribution in [2.45, 2.75) is 19.8 Å². The third-order valence-corrected chi connectivity index (χ3v) is 2.52. The standard InChI is InChI=1S/C11H15ClFN/c1-3-14-7-8(2)10-5-4-9(13)6-11(10)12/h4-6,8,14H,3,7H2,1-2H3. The van der Waals surface area contributed by atoms with Gasteiger partial charge < -0.3 is 5.32 Å². The predicted molar refractivity (Wildman–Crippen MR) is 58.4 cm³/mol. The highest BCUT2D eigenvalue weighted by Gasteiger charge is 2.09. The van der Waals surface area contributed by atoms with E-state index in [2.05, 4.69) is 19.2 Å². The van der Waals surface area contributed by atoms with Gasteiger partial charge >= 0.3 is 0 Å². The lowest BCUT2D eigenvalue weighted by molar-refractivity contribution is 0.617. The van der Waals surface area contributed by atoms with Gasteiger partial charge in [0.05, 0.1) is 0 Å². The summed E-state index contributed by atoms with van der Waals surface area (Å²) in [5, 5.41) is 3.75. The second-order valence-corrected chi connectivity index (χ2v) is 3.78. The number of likely N-dealkylation sites (N-methyl/N-ethyl adjacent to an activating group) is 1. The Balaban J connectivity index is 2.74. The number of hydrogen-bond donors (Lipinski definition) is 1. The molecule has 1 aromatic rings. The molecule has 14 heavy (non-hydrogen) atoms. The Morgan fingerprint density at radius 2 is 2.21 bits per heavy atom. The fourth-order valence-corrected chi connectivity index (χ4v) is 1.73. The van der Waals surface area contributed by atoms with Crippen LogP contribution in [0.15, 0.2) is 18.2 Å². The van der Waals surface area contributed by atoms with Gasteiger partial charge in [0.25, 0.3) is 0 Å². The summed E-state index contributed by atoms with van der Waals surface area (Å²) < 4.78 is 12.8. The molecule has 1 N–H and O–H groups in total. The number of hydrogen-bond acceptors (Lipinski definition) is 1. The first-order chi connectivity index (χ1) is 6.65. The molecule has 0 spiro atoms. The van der Waals surface area contributed by atoms with E-state index in [1.807, 2.05) is 0 Å². The van der Waals surface area contributed by atoms with Crippen molar-refractivity contribution >= 4 is 11.6 Å². The van der Waals surface area contributed by atoms with Crippen LogP contribution in [0, 0.1) is 5.82 Å². The van der Waals surface area contributed by atoms with E-state index in [0.29, 0.717) is 10.9 Å². The maximum absolute atomic E-state index is 12.8. The normalized spacial score (nSPS) is 12.9. The molecule has 3 heteroatoms. The lowest BCUT2D eigenvalue weighted by Crippen LogP contribution is -2.19. The van der Waals surface area contributed by atoms with Crippen LogP contribution in [0.25, 0.3) is 0 Å². The van der Waals surface area contributed by atoms with Crippen molar-refractivity contribution in [3.05, 3.63) is 34.6 Å². The van der Waals surface area contributed by atoms with Gasteiger partial charge in [-0.1, -0.05) is 31.5 Å². The van der Waals surface area contributed by atoms with Crippen molar-refractivity contribution in [2.24, 2.45) is 0 Å². The zero-order valence-corrected chi connectivity index (χ0v) is 9.24. The Morgan fingerprint density at radius 1 is 1.50 bits per heavy atom. The minimum atomic E-state index is -0.283. The monoisotopic (exact) mass is 215 g/mol. The van der Waals surface area contributed by atoms with Crippen LogP contribution in [-0.2, 0) is 0 Å². The van der Waals surface area contributed by atoms with Gasteiger partial charge in [-0.25, -0.2) is 4.39 Å². The maximum Gasteiger partial charge on any atom is 0.124 e. The average Bonchev–Trinajstić information content (AvgIpc) is 2.14. The first-order valence-corrected chi connectivity index (χ1v) is 5.18. The number of benzene rings is 1. The Kier molecular flexibility index (Phi) is 4.36. The maximum atomic E-state index is 12.8. The molecule has 0 amide bonds. The molecule has 1 aromatic carbocycles. The van der Waals surface area contributed by atoms with Crippen LogP contribution < -0.4 is 5.32 Å². The van der Waals surface area contributed by atoms with E-state index in [1.54, 1.807) is 6.07 Å². The molecule has 0 radical (unpaired) electrons. The first-order valence-electron chi connectivity index (χ1n) is 4.80. The third kappa shape index (κ3) is 2.96. The molecule has 1 atom stereocenters. The lowest BCUT2D eigenvalue weighted by Gasteiger charge is -2.13. The molecule has 0 saturated carbocycles. The Hall–Kier alpha value is -0.600. The highest BCUT2D eigenvalue weighted by atomic mass is 35.5. The van der Waals surface area contributed by atoms with Crippen LogP contribution >= 0.6 is 11.6 Å². The van der Waals surface area contributed by atoms with Crippen molar-refractivity contribution in [3.8, 4) is 0 Å². The topological polar surface area (TPSA) is 12.0 Å². The van der Waals surface area contributed by atoms with E-state index >= 15 is 0 Å². The zero-order chi connectivity index (χ0) is 10.6. The summed E-state index contributed by atoms with van der Waals surface area (Å²) in [4.78, 5) is 0. The molecule has 0 aliphatic heterocycles. The fourth-order valence-electron chi connectivity index (χ4n) is 1.37. The summed E-state index contributed by atoms with van der Waals surface area (Å²) in [6, 6.07) is 4.56. The summed E-state index contributed by atoms with van der Waals surface area (Å²) in [6.45, 7) is 5.92. The summed E-state index contributed by atoms with van der Waals surface area (Å²) >= 11 is 5.94. The summed E-state index contributed by atoms with van der Waals surface area (Å²) in [5.74, 6) is 0.0254. The molecule has 1 nitrogen and oxygen atoms in total. The van der Waals surface area contributed by atoms with Gasteiger partial charge in [-0.3, -0.25) is 0 Å². The van der Waals surface area contributed by atoms with E-state index in [1.165, 1.54) is 12.1 Å². The number of nitrogens with one attached hydrogen (secondary N) is 1. The SMILES string of the molecule is CCNCC(C)c1ccc(F)cc1Cl. The second kappa shape index (κ2) is 5.32. The highest BCUT2D eigenvalue weighted by Crippen LogP contribution is 2.24. The minimum Gasteiger partial charge on any atom is -0.316 e. The van der Waals surface area contributed by atoms with Crippen molar-refractivity contribution < 1.29 is 4.39 Å². The van der Waals surface area contributed by atoms with Crippen molar-refractivity contribution in [2.75, 3.05) is 13.1 Å². The van der Waals surface area contributed by atoms with Gasteiger partial charge in [-0.2, -0.15) is 0 Å². The van der Waals surface area contributed by atoms with Gasteiger partial charge in [0, 0.05) is 11.6 Å². The lowest BCUT2D eigenvalue weighted by atomic mass is 10.0. The largest absolute Gasteiger partial charge is 0.316 e. The smallest absolute Gasteiger partial charge is 0.124 e. The van der Waals surface area contributed by atoms with Gasteiger partial charge in [0.2, 0.25) is 0 Å². The van der Waals surface area contributed by atoms with Gasteiger partial charge in [-0.15, -0.1) is 0 Å². The Morgan fingerprint density at radius 3 is 2.79 bits per heavy atom. The molecule has 78 valence electrons. The summed E-state index contributed by atoms with van der Waals surface area (Å²) in [6.07, 6.45) is 0. The molecular weight excluding hydrogens is 201 g/mol. The van der Waals surface area contributed by atoms with Gasteiger partial charge in [0.1, 0.15) is 5.82 Å². The molecule has 0 aromatic heterocycles. The highest BCUT2D eigenvalue weighted by molar-refractivity contribution is 6.31. The Bertz CT molecular complexity index is 301. The molecule has 1 rings (SSSR count). The van der Waals surface area contributed by atoms with Gasteiger partial charge in [-0.05, 0) is 30.2 Å². The second-order valence-electron chi connectivity index (χ2n) is 3.37. The zero-order valence-electron chi connectivity index (χ0n) is 8.48. The van der Waals surface area contributed by atoms with Crippen LogP contribution in [0.2, 0.25) is 5.02 Å². The molecular formula is C11H15ClFN. The van der Waals surface area contributed by atoms with Crippen LogP contribution in [0.4, 0.5) is 4.39 Å². The average molecular weight is 216 g/mol. The molecule has 0 aliphatic rings. The molecule has 0 aliphatic carbocycles. The molecule has 0 heterocycles. The predicted octanol–water partition coefficient (Wildman–Crippen LogP) is 3.19. The van der Waals surface area contributed by atoms with E-state index < -0.39 is 0 Å². The van der Waals surface area contributed by atoms with Crippen molar-refractivity contribution in [3.63, 3.8) is 0 Å². The molecule has 0 saturated heterocycles. The summed E-state index contributed by atoms with van der Waals surface area (Å²) in [7, 11) is 0. The first kappa shape index (κ1) is 11.5. The van der Waals surface area contributed by atoms with E-state index in [9.17, 15) is 4.39 Å². The Labute approximate surface area is 89.3 Å². The minimum absolute atomic E-state index is 0.283. The fraction of sp³-hybridized carbons (Fsp3) is 0.455. The number of halogens is 2. The van der Waals surface area contributed by atoms with Crippen LogP contribution in [0.5, 0.6) is 0 Å². The third-order valence-electron chi connectivity index (χ3n) is 2.19. The van der Waals surface area contributed by atoms with E-state index in [0.717, 1.165) is 18.7 Å². The quantitative estimate of drug-likeness (QED) is 0.814. The molecule has 0 bridgehead atoms. The van der Waals surface area contributed by atoms with Crippen molar-refractivity contribution in [1.82, 2.24) is 5.32 Å². The summed E-state index contributed by atoms with van der Waals surface area (Å²) in [5.41, 5.74) is 0.994. The van der Waals surface area contributed by atoms with E-state index in [4.69, 9.17) is 11.6 Å².